The molecule has 18 heavy (non-hydrogen) atoms. The molecule has 0 saturated carbocycles. The molecule has 0 aliphatic heterocycles. The summed E-state index contributed by atoms with van der Waals surface area (Å²) in [5.41, 5.74) is -1.02. The molecule has 1 aromatic rings. The predicted molar refractivity (Wildman–Crippen MR) is 51.6 cm³/mol. The minimum absolute atomic E-state index is 0.0553. The molecule has 96 valence electrons. The Morgan fingerprint density at radius 1 is 1.61 bits per heavy atom. The van der Waals surface area contributed by atoms with Gasteiger partial charge in [-0.2, -0.15) is 5.26 Å². The van der Waals surface area contributed by atoms with E-state index in [1.54, 1.807) is 6.07 Å². The van der Waals surface area contributed by atoms with Crippen LogP contribution in [0.3, 0.4) is 0 Å². The lowest BCUT2D eigenvalue weighted by atomic mass is 10.1. The summed E-state index contributed by atoms with van der Waals surface area (Å²) in [7, 11) is 0. The van der Waals surface area contributed by atoms with Crippen LogP contribution in [0.25, 0.3) is 0 Å². The van der Waals surface area contributed by atoms with Crippen LogP contribution in [-0.4, -0.2) is 16.3 Å². The first-order valence-corrected chi connectivity index (χ1v) is 4.52. The topological polar surface area (TPSA) is 89.0 Å². The van der Waals surface area contributed by atoms with Crippen LogP contribution in [0.2, 0.25) is 0 Å². The SMILES string of the molecule is Cc1cnc(OC(F)(F)F)c(CC#N)c1[N+](=O)[O-]. The Bertz CT molecular complexity index is 522. The molecule has 1 aromatic heterocycles. The number of nitriles is 1. The Kier molecular flexibility index (Phi) is 3.70. The third-order valence-electron chi connectivity index (χ3n) is 1.94. The smallest absolute Gasteiger partial charge is 0.387 e. The lowest BCUT2D eigenvalue weighted by Crippen LogP contribution is -2.19. The zero-order chi connectivity index (χ0) is 13.9. The molecule has 1 heterocycles. The number of halogens is 3. The number of aryl methyl sites for hydroxylation is 1. The van der Waals surface area contributed by atoms with Crippen molar-refractivity contribution < 1.29 is 22.8 Å². The Labute approximate surface area is 98.8 Å². The second-order valence-corrected chi connectivity index (χ2v) is 3.21. The average Bonchev–Trinajstić information content (AvgIpc) is 2.20. The van der Waals surface area contributed by atoms with Crippen molar-refractivity contribution in [2.75, 3.05) is 0 Å². The highest BCUT2D eigenvalue weighted by atomic mass is 19.4. The molecule has 0 aliphatic rings. The Hall–Kier alpha value is -2.37. The summed E-state index contributed by atoms with van der Waals surface area (Å²) in [4.78, 5) is 13.2. The maximum absolute atomic E-state index is 12.1. The van der Waals surface area contributed by atoms with Gasteiger partial charge in [0.15, 0.2) is 0 Å². The van der Waals surface area contributed by atoms with E-state index >= 15 is 0 Å². The quantitative estimate of drug-likeness (QED) is 0.615. The summed E-state index contributed by atoms with van der Waals surface area (Å²) >= 11 is 0. The summed E-state index contributed by atoms with van der Waals surface area (Å²) in [6.45, 7) is 1.31. The average molecular weight is 261 g/mol. The second kappa shape index (κ2) is 4.87. The molecule has 0 amide bonds. The zero-order valence-electron chi connectivity index (χ0n) is 8.98. The van der Waals surface area contributed by atoms with Crippen molar-refractivity contribution in [1.82, 2.24) is 4.98 Å². The number of aromatic nitrogens is 1. The van der Waals surface area contributed by atoms with Crippen molar-refractivity contribution in [3.63, 3.8) is 0 Å². The van der Waals surface area contributed by atoms with Gasteiger partial charge in [-0.05, 0) is 6.92 Å². The third-order valence-corrected chi connectivity index (χ3v) is 1.94. The summed E-state index contributed by atoms with van der Waals surface area (Å²) in [6.07, 6.45) is -4.74. The third kappa shape index (κ3) is 3.07. The Morgan fingerprint density at radius 3 is 2.67 bits per heavy atom. The molecule has 0 aromatic carbocycles. The van der Waals surface area contributed by atoms with Gasteiger partial charge in [-0.1, -0.05) is 0 Å². The van der Waals surface area contributed by atoms with Crippen molar-refractivity contribution in [2.45, 2.75) is 19.7 Å². The molecule has 0 fully saturated rings. The van der Waals surface area contributed by atoms with Crippen molar-refractivity contribution in [3.05, 3.63) is 27.4 Å². The molecule has 6 nitrogen and oxygen atoms in total. The first kappa shape index (κ1) is 13.7. The van der Waals surface area contributed by atoms with Gasteiger partial charge in [-0.15, -0.1) is 13.2 Å². The van der Waals surface area contributed by atoms with Crippen molar-refractivity contribution >= 4 is 5.69 Å². The molecule has 0 saturated heterocycles. The largest absolute Gasteiger partial charge is 0.574 e. The fourth-order valence-electron chi connectivity index (χ4n) is 1.32. The second-order valence-electron chi connectivity index (χ2n) is 3.21. The number of nitro groups is 1. The molecule has 0 radical (unpaired) electrons. The van der Waals surface area contributed by atoms with Gasteiger partial charge in [0, 0.05) is 11.8 Å². The van der Waals surface area contributed by atoms with E-state index in [1.165, 1.54) is 6.92 Å². The highest BCUT2D eigenvalue weighted by molar-refractivity contribution is 5.52. The number of pyridine rings is 1. The van der Waals surface area contributed by atoms with Crippen LogP contribution in [0.15, 0.2) is 6.20 Å². The van der Waals surface area contributed by atoms with Crippen LogP contribution in [-0.2, 0) is 6.42 Å². The lowest BCUT2D eigenvalue weighted by molar-refractivity contribution is -0.386. The lowest BCUT2D eigenvalue weighted by Gasteiger charge is -2.11. The van der Waals surface area contributed by atoms with Crippen LogP contribution >= 0.6 is 0 Å². The highest BCUT2D eigenvalue weighted by Gasteiger charge is 2.35. The molecular weight excluding hydrogens is 255 g/mol. The highest BCUT2D eigenvalue weighted by Crippen LogP contribution is 2.32. The maximum atomic E-state index is 12.1. The molecule has 0 aliphatic carbocycles. The van der Waals surface area contributed by atoms with Gasteiger partial charge >= 0.3 is 6.36 Å². The van der Waals surface area contributed by atoms with E-state index in [2.05, 4.69) is 9.72 Å². The first-order chi connectivity index (χ1) is 8.26. The van der Waals surface area contributed by atoms with E-state index in [-0.39, 0.29) is 5.56 Å². The van der Waals surface area contributed by atoms with E-state index in [0.29, 0.717) is 0 Å². The Balaban J connectivity index is 3.40. The summed E-state index contributed by atoms with van der Waals surface area (Å²) in [5, 5.41) is 19.3. The Morgan fingerprint density at radius 2 is 2.22 bits per heavy atom. The number of nitrogens with zero attached hydrogens (tertiary/aromatic N) is 3. The standard InChI is InChI=1S/C9H6F3N3O3/c1-5-4-14-8(18-9(10,11)12)6(2-3-13)7(5)15(16)17/h4H,2H2,1H3. The summed E-state index contributed by atoms with van der Waals surface area (Å²) < 4.78 is 39.8. The van der Waals surface area contributed by atoms with Crippen LogP contribution in [0.4, 0.5) is 18.9 Å². The van der Waals surface area contributed by atoms with Crippen molar-refractivity contribution in [3.8, 4) is 11.9 Å². The minimum Gasteiger partial charge on any atom is -0.387 e. The number of hydrogen-bond donors (Lipinski definition) is 0. The fraction of sp³-hybridized carbons (Fsp3) is 0.333. The predicted octanol–water partition coefficient (Wildman–Crippen LogP) is 2.26. The van der Waals surface area contributed by atoms with Gasteiger partial charge in [-0.3, -0.25) is 10.1 Å². The molecule has 1 rings (SSSR count). The number of rotatable bonds is 3. The molecule has 0 N–H and O–H groups in total. The van der Waals surface area contributed by atoms with Crippen LogP contribution in [0, 0.1) is 28.4 Å². The zero-order valence-corrected chi connectivity index (χ0v) is 8.98. The molecular formula is C9H6F3N3O3. The summed E-state index contributed by atoms with van der Waals surface area (Å²) in [5.74, 6) is -0.971. The minimum atomic E-state index is -5.03. The van der Waals surface area contributed by atoms with Crippen LogP contribution in [0.5, 0.6) is 5.88 Å². The van der Waals surface area contributed by atoms with Gasteiger partial charge in [0.05, 0.1) is 17.4 Å². The van der Waals surface area contributed by atoms with Gasteiger partial charge in [0.1, 0.15) is 5.56 Å². The van der Waals surface area contributed by atoms with Crippen LogP contribution < -0.4 is 4.74 Å². The fourth-order valence-corrected chi connectivity index (χ4v) is 1.32. The van der Waals surface area contributed by atoms with Gasteiger partial charge in [-0.25, -0.2) is 4.98 Å². The monoisotopic (exact) mass is 261 g/mol. The molecule has 0 bridgehead atoms. The molecule has 0 unspecified atom stereocenters. The van der Waals surface area contributed by atoms with E-state index < -0.39 is 34.8 Å². The van der Waals surface area contributed by atoms with Crippen molar-refractivity contribution in [1.29, 1.82) is 5.26 Å². The number of alkyl halides is 3. The maximum Gasteiger partial charge on any atom is 0.574 e. The van der Waals surface area contributed by atoms with Crippen molar-refractivity contribution in [2.24, 2.45) is 0 Å². The molecule has 0 atom stereocenters. The van der Waals surface area contributed by atoms with Gasteiger partial charge in [0.25, 0.3) is 5.69 Å². The van der Waals surface area contributed by atoms with Gasteiger partial charge < -0.3 is 4.74 Å². The van der Waals surface area contributed by atoms with E-state index in [9.17, 15) is 23.3 Å². The number of hydrogen-bond acceptors (Lipinski definition) is 5. The van der Waals surface area contributed by atoms with Crippen LogP contribution in [0.1, 0.15) is 11.1 Å². The van der Waals surface area contributed by atoms with E-state index in [1.807, 2.05) is 0 Å². The van der Waals surface area contributed by atoms with E-state index in [4.69, 9.17) is 5.26 Å². The van der Waals surface area contributed by atoms with E-state index in [0.717, 1.165) is 6.20 Å². The number of ether oxygens (including phenoxy) is 1. The molecule has 0 spiro atoms. The summed E-state index contributed by atoms with van der Waals surface area (Å²) in [6, 6.07) is 1.54. The van der Waals surface area contributed by atoms with Gasteiger partial charge in [0.2, 0.25) is 5.88 Å². The first-order valence-electron chi connectivity index (χ1n) is 4.52. The normalized spacial score (nSPS) is 10.8. The molecule has 9 heteroatoms.